The molecule has 0 bridgehead atoms. The maximum Gasteiger partial charge on any atom is 0.227 e. The molecule has 0 aliphatic carbocycles. The number of amides is 1. The summed E-state index contributed by atoms with van der Waals surface area (Å²) in [7, 11) is 1.68. The van der Waals surface area contributed by atoms with Gasteiger partial charge in [-0.3, -0.25) is 9.79 Å². The second-order valence-corrected chi connectivity index (χ2v) is 6.72. The molecule has 0 aliphatic heterocycles. The molecule has 1 aromatic heterocycles. The highest BCUT2D eigenvalue weighted by Gasteiger charge is 2.07. The maximum absolute atomic E-state index is 12.0. The van der Waals surface area contributed by atoms with Gasteiger partial charge >= 0.3 is 0 Å². The number of aliphatic imine (C=N–C) groups is 1. The van der Waals surface area contributed by atoms with Crippen LogP contribution in [0.2, 0.25) is 5.02 Å². The molecule has 7 nitrogen and oxygen atoms in total. The first-order valence-electron chi connectivity index (χ1n) is 9.05. The number of pyridine rings is 1. The number of nitrogens with zero attached hydrogens (tertiary/aromatic N) is 2. The summed E-state index contributed by atoms with van der Waals surface area (Å²) in [5.41, 5.74) is 1.05. The Hall–Kier alpha value is -2.07. The number of hydrogen-bond acceptors (Lipinski definition) is 4. The number of carbonyl (C=O) groups excluding carboxylic acids is 1. The highest BCUT2D eigenvalue weighted by Crippen LogP contribution is 2.16. The standard InChI is InChI=1S/C20H26ClN5O2.HI/c1-14-4-9-18(24-12-14)26-19(27)10-11-23-20(22-3)25-13-15(2)28-17-7-5-16(21)6-8-17;/h4-9,12,15H,10-11,13H2,1-3H3,(H2,22,23,25)(H,24,26,27);1H. The van der Waals surface area contributed by atoms with Crippen molar-refractivity contribution in [2.45, 2.75) is 26.4 Å². The van der Waals surface area contributed by atoms with Crippen LogP contribution in [-0.2, 0) is 4.79 Å². The van der Waals surface area contributed by atoms with Crippen molar-refractivity contribution in [3.05, 3.63) is 53.2 Å². The molecule has 29 heavy (non-hydrogen) atoms. The number of aromatic nitrogens is 1. The highest BCUT2D eigenvalue weighted by molar-refractivity contribution is 14.0. The van der Waals surface area contributed by atoms with Gasteiger partial charge in [0.25, 0.3) is 0 Å². The van der Waals surface area contributed by atoms with E-state index in [0.717, 1.165) is 11.3 Å². The van der Waals surface area contributed by atoms with Crippen molar-refractivity contribution in [3.8, 4) is 5.75 Å². The molecule has 1 atom stereocenters. The average Bonchev–Trinajstić information content (AvgIpc) is 2.68. The first-order chi connectivity index (χ1) is 13.5. The molecule has 158 valence electrons. The van der Waals surface area contributed by atoms with E-state index in [2.05, 4.69) is 25.9 Å². The number of guanidine groups is 1. The van der Waals surface area contributed by atoms with E-state index in [0.29, 0.717) is 36.3 Å². The van der Waals surface area contributed by atoms with Crippen LogP contribution in [0.15, 0.2) is 47.6 Å². The van der Waals surface area contributed by atoms with Gasteiger partial charge in [-0.25, -0.2) is 4.98 Å². The van der Waals surface area contributed by atoms with E-state index in [1.54, 1.807) is 31.4 Å². The molecule has 0 saturated carbocycles. The highest BCUT2D eigenvalue weighted by atomic mass is 127. The number of carbonyl (C=O) groups is 1. The molecule has 0 spiro atoms. The van der Waals surface area contributed by atoms with E-state index >= 15 is 0 Å². The number of hydrogen-bond donors (Lipinski definition) is 3. The van der Waals surface area contributed by atoms with E-state index in [9.17, 15) is 4.79 Å². The monoisotopic (exact) mass is 531 g/mol. The van der Waals surface area contributed by atoms with Crippen molar-refractivity contribution in [2.24, 2.45) is 4.99 Å². The maximum atomic E-state index is 12.0. The second kappa shape index (κ2) is 13.2. The predicted octanol–water partition coefficient (Wildman–Crippen LogP) is 3.62. The third kappa shape index (κ3) is 9.80. The van der Waals surface area contributed by atoms with Crippen molar-refractivity contribution in [3.63, 3.8) is 0 Å². The lowest BCUT2D eigenvalue weighted by atomic mass is 10.3. The topological polar surface area (TPSA) is 87.6 Å². The lowest BCUT2D eigenvalue weighted by Gasteiger charge is -2.17. The minimum Gasteiger partial charge on any atom is -0.489 e. The summed E-state index contributed by atoms with van der Waals surface area (Å²) in [5.74, 6) is 1.79. The normalized spacial score (nSPS) is 11.8. The Morgan fingerprint density at radius 1 is 1.21 bits per heavy atom. The second-order valence-electron chi connectivity index (χ2n) is 6.28. The largest absolute Gasteiger partial charge is 0.489 e. The Morgan fingerprint density at radius 3 is 2.55 bits per heavy atom. The van der Waals surface area contributed by atoms with Crippen molar-refractivity contribution in [1.82, 2.24) is 15.6 Å². The van der Waals surface area contributed by atoms with Gasteiger partial charge in [-0.1, -0.05) is 17.7 Å². The molecule has 1 aromatic carbocycles. The smallest absolute Gasteiger partial charge is 0.227 e. The van der Waals surface area contributed by atoms with Gasteiger partial charge in [-0.2, -0.15) is 0 Å². The molecule has 1 amide bonds. The zero-order valence-electron chi connectivity index (χ0n) is 16.7. The van der Waals surface area contributed by atoms with Crippen LogP contribution in [0.5, 0.6) is 5.75 Å². The summed E-state index contributed by atoms with van der Waals surface area (Å²) >= 11 is 5.87. The van der Waals surface area contributed by atoms with Gasteiger partial charge in [0.1, 0.15) is 17.7 Å². The molecule has 2 rings (SSSR count). The van der Waals surface area contributed by atoms with Gasteiger partial charge in [0.2, 0.25) is 5.91 Å². The van der Waals surface area contributed by atoms with Crippen LogP contribution in [-0.4, -0.2) is 43.1 Å². The van der Waals surface area contributed by atoms with Crippen LogP contribution in [0.3, 0.4) is 0 Å². The van der Waals surface area contributed by atoms with Gasteiger partial charge in [-0.05, 0) is 49.7 Å². The van der Waals surface area contributed by atoms with Gasteiger partial charge in [-0.15, -0.1) is 24.0 Å². The van der Waals surface area contributed by atoms with Gasteiger partial charge in [0.05, 0.1) is 6.54 Å². The van der Waals surface area contributed by atoms with E-state index in [-0.39, 0.29) is 36.0 Å². The zero-order chi connectivity index (χ0) is 20.4. The number of nitrogens with one attached hydrogen (secondary N) is 3. The third-order valence-electron chi connectivity index (χ3n) is 3.75. The number of aryl methyl sites for hydroxylation is 1. The fourth-order valence-electron chi connectivity index (χ4n) is 2.29. The molecule has 2 aromatic rings. The Labute approximate surface area is 193 Å². The number of halogens is 2. The van der Waals surface area contributed by atoms with Crippen LogP contribution in [0.25, 0.3) is 0 Å². The summed E-state index contributed by atoms with van der Waals surface area (Å²) in [5, 5.41) is 9.71. The number of ether oxygens (including phenoxy) is 1. The number of benzene rings is 1. The minimum atomic E-state index is -0.112. The molecular weight excluding hydrogens is 505 g/mol. The number of anilines is 1. The molecule has 0 radical (unpaired) electrons. The SMILES string of the molecule is CN=C(NCCC(=O)Nc1ccc(C)cn1)NCC(C)Oc1ccc(Cl)cc1.I. The lowest BCUT2D eigenvalue weighted by molar-refractivity contribution is -0.116. The molecule has 3 N–H and O–H groups in total. The fourth-order valence-corrected chi connectivity index (χ4v) is 2.42. The van der Waals surface area contributed by atoms with Crippen LogP contribution >= 0.6 is 35.6 Å². The average molecular weight is 532 g/mol. The summed E-state index contributed by atoms with van der Waals surface area (Å²) in [4.78, 5) is 20.3. The van der Waals surface area contributed by atoms with E-state index in [4.69, 9.17) is 16.3 Å². The molecule has 0 fully saturated rings. The molecule has 0 saturated heterocycles. The Morgan fingerprint density at radius 2 is 1.93 bits per heavy atom. The summed E-state index contributed by atoms with van der Waals surface area (Å²) in [6.07, 6.45) is 1.94. The van der Waals surface area contributed by atoms with E-state index < -0.39 is 0 Å². The summed E-state index contributed by atoms with van der Waals surface area (Å²) < 4.78 is 5.81. The molecular formula is C20H27ClIN5O2. The Balaban J connectivity index is 0.00000420. The predicted molar refractivity (Wildman–Crippen MR) is 129 cm³/mol. The summed E-state index contributed by atoms with van der Waals surface area (Å²) in [6, 6.07) is 10.9. The van der Waals surface area contributed by atoms with E-state index in [1.807, 2.05) is 32.0 Å². The van der Waals surface area contributed by atoms with Crippen molar-refractivity contribution < 1.29 is 9.53 Å². The quantitative estimate of drug-likeness (QED) is 0.275. The Bertz CT molecular complexity index is 784. The first kappa shape index (κ1) is 25.0. The van der Waals surface area contributed by atoms with Crippen LogP contribution in [0, 0.1) is 6.92 Å². The van der Waals surface area contributed by atoms with Crippen molar-refractivity contribution in [1.29, 1.82) is 0 Å². The van der Waals surface area contributed by atoms with Gasteiger partial charge < -0.3 is 20.7 Å². The first-order valence-corrected chi connectivity index (χ1v) is 9.43. The number of rotatable bonds is 8. The van der Waals surface area contributed by atoms with Crippen molar-refractivity contribution >= 4 is 53.3 Å². The zero-order valence-corrected chi connectivity index (χ0v) is 19.8. The van der Waals surface area contributed by atoms with Crippen LogP contribution in [0.1, 0.15) is 18.9 Å². The molecule has 9 heteroatoms. The van der Waals surface area contributed by atoms with Crippen molar-refractivity contribution in [2.75, 3.05) is 25.5 Å². The van der Waals surface area contributed by atoms with Gasteiger partial charge in [0, 0.05) is 31.2 Å². The molecule has 1 unspecified atom stereocenters. The lowest BCUT2D eigenvalue weighted by Crippen LogP contribution is -2.42. The Kier molecular flexibility index (Phi) is 11.4. The minimum absolute atomic E-state index is 0. The van der Waals surface area contributed by atoms with Gasteiger partial charge in [0.15, 0.2) is 5.96 Å². The summed E-state index contributed by atoms with van der Waals surface area (Å²) in [6.45, 7) is 4.91. The van der Waals surface area contributed by atoms with E-state index in [1.165, 1.54) is 0 Å². The molecule has 1 heterocycles. The molecule has 0 aliphatic rings. The van der Waals surface area contributed by atoms with Crippen LogP contribution in [0.4, 0.5) is 5.82 Å². The fraction of sp³-hybridized carbons (Fsp3) is 0.350. The third-order valence-corrected chi connectivity index (χ3v) is 4.01. The van der Waals surface area contributed by atoms with Crippen LogP contribution < -0.4 is 20.7 Å².